The van der Waals surface area contributed by atoms with Gasteiger partial charge in [-0.2, -0.15) is 0 Å². The van der Waals surface area contributed by atoms with Crippen LogP contribution in [0.3, 0.4) is 0 Å². The second-order valence-corrected chi connectivity index (χ2v) is 4.58. The van der Waals surface area contributed by atoms with Crippen LogP contribution in [0.4, 0.5) is 17.3 Å². The summed E-state index contributed by atoms with van der Waals surface area (Å²) in [5, 5.41) is 6.30. The van der Waals surface area contributed by atoms with Crippen LogP contribution in [0.2, 0.25) is 0 Å². The quantitative estimate of drug-likeness (QED) is 0.768. The van der Waals surface area contributed by atoms with Gasteiger partial charge in [-0.05, 0) is 12.1 Å². The van der Waals surface area contributed by atoms with E-state index in [1.807, 2.05) is 42.0 Å². The van der Waals surface area contributed by atoms with Gasteiger partial charge in [0.2, 0.25) is 6.79 Å². The predicted molar refractivity (Wildman–Crippen MR) is 78.4 cm³/mol. The molecule has 0 spiro atoms. The average Bonchev–Trinajstić information content (AvgIpc) is 3.14. The Morgan fingerprint density at radius 3 is 3.05 bits per heavy atom. The highest BCUT2D eigenvalue weighted by Gasteiger charge is 2.14. The summed E-state index contributed by atoms with van der Waals surface area (Å²) in [6.45, 7) is 0.261. The van der Waals surface area contributed by atoms with E-state index in [-0.39, 0.29) is 6.79 Å². The van der Waals surface area contributed by atoms with Crippen molar-refractivity contribution in [1.82, 2.24) is 14.4 Å². The van der Waals surface area contributed by atoms with Crippen molar-refractivity contribution in [3.05, 3.63) is 36.8 Å². The molecule has 0 fully saturated rings. The van der Waals surface area contributed by atoms with E-state index in [0.717, 1.165) is 28.7 Å². The zero-order valence-electron chi connectivity index (χ0n) is 11.3. The van der Waals surface area contributed by atoms with Crippen molar-refractivity contribution in [1.29, 1.82) is 0 Å². The van der Waals surface area contributed by atoms with E-state index in [4.69, 9.17) is 9.47 Å². The lowest BCUT2D eigenvalue weighted by atomic mass is 10.3. The van der Waals surface area contributed by atoms with Crippen LogP contribution in [-0.4, -0.2) is 28.2 Å². The summed E-state index contributed by atoms with van der Waals surface area (Å²) in [6, 6.07) is 5.67. The summed E-state index contributed by atoms with van der Waals surface area (Å²) in [6.07, 6.45) is 5.50. The highest BCUT2D eigenvalue weighted by Crippen LogP contribution is 2.35. The zero-order valence-corrected chi connectivity index (χ0v) is 11.3. The van der Waals surface area contributed by atoms with E-state index >= 15 is 0 Å². The lowest BCUT2D eigenvalue weighted by Gasteiger charge is -2.10. The fourth-order valence-corrected chi connectivity index (χ4v) is 2.25. The molecule has 7 nitrogen and oxygen atoms in total. The Morgan fingerprint density at radius 1 is 1.24 bits per heavy atom. The molecule has 1 aliphatic heterocycles. The number of hydrogen-bond donors (Lipinski definition) is 2. The molecule has 0 unspecified atom stereocenters. The van der Waals surface area contributed by atoms with E-state index in [1.54, 1.807) is 6.20 Å². The molecule has 1 aromatic carbocycles. The molecule has 106 valence electrons. The number of fused-ring (bicyclic) bond motifs is 2. The summed E-state index contributed by atoms with van der Waals surface area (Å²) in [7, 11) is 1.83. The number of nitrogens with zero attached hydrogens (tertiary/aromatic N) is 3. The van der Waals surface area contributed by atoms with E-state index in [1.165, 1.54) is 0 Å². The number of benzene rings is 1. The van der Waals surface area contributed by atoms with Crippen LogP contribution < -0.4 is 20.1 Å². The Hall–Kier alpha value is -2.96. The number of anilines is 3. The molecule has 1 aliphatic rings. The maximum Gasteiger partial charge on any atom is 0.231 e. The molecule has 0 aliphatic carbocycles. The van der Waals surface area contributed by atoms with Crippen molar-refractivity contribution in [3.63, 3.8) is 0 Å². The number of ether oxygens (including phenoxy) is 2. The summed E-state index contributed by atoms with van der Waals surface area (Å²) in [5.41, 5.74) is 1.62. The molecular weight excluding hydrogens is 270 g/mol. The molecule has 0 saturated heterocycles. The SMILES string of the molecule is CNc1cn2ccnc2c(Nc2ccc3c(c2)OCO3)n1. The Labute approximate surface area is 120 Å². The van der Waals surface area contributed by atoms with Gasteiger partial charge in [-0.15, -0.1) is 0 Å². The predicted octanol–water partition coefficient (Wildman–Crippen LogP) is 2.24. The molecule has 0 saturated carbocycles. The van der Waals surface area contributed by atoms with Crippen LogP contribution in [0, 0.1) is 0 Å². The monoisotopic (exact) mass is 283 g/mol. The minimum absolute atomic E-state index is 0.261. The molecule has 21 heavy (non-hydrogen) atoms. The molecule has 7 heteroatoms. The Kier molecular flexibility index (Phi) is 2.56. The topological polar surface area (TPSA) is 72.7 Å². The highest BCUT2D eigenvalue weighted by molar-refractivity contribution is 5.72. The number of imidazole rings is 1. The summed E-state index contributed by atoms with van der Waals surface area (Å²) < 4.78 is 12.6. The summed E-state index contributed by atoms with van der Waals surface area (Å²) in [4.78, 5) is 8.82. The zero-order chi connectivity index (χ0) is 14.2. The van der Waals surface area contributed by atoms with E-state index in [2.05, 4.69) is 20.6 Å². The molecule has 4 rings (SSSR count). The van der Waals surface area contributed by atoms with Crippen molar-refractivity contribution in [2.75, 3.05) is 24.5 Å². The third-order valence-electron chi connectivity index (χ3n) is 3.27. The van der Waals surface area contributed by atoms with E-state index in [9.17, 15) is 0 Å². The van der Waals surface area contributed by atoms with Crippen molar-refractivity contribution < 1.29 is 9.47 Å². The van der Waals surface area contributed by atoms with Gasteiger partial charge in [-0.25, -0.2) is 9.97 Å². The number of aromatic nitrogens is 3. The third kappa shape index (κ3) is 1.99. The summed E-state index contributed by atoms with van der Waals surface area (Å²) >= 11 is 0. The van der Waals surface area contributed by atoms with Gasteiger partial charge in [-0.1, -0.05) is 0 Å². The first-order valence-electron chi connectivity index (χ1n) is 6.51. The molecule has 0 amide bonds. The first kappa shape index (κ1) is 11.8. The van der Waals surface area contributed by atoms with Gasteiger partial charge in [0.1, 0.15) is 5.82 Å². The van der Waals surface area contributed by atoms with Gasteiger partial charge in [0.05, 0.1) is 6.20 Å². The maximum absolute atomic E-state index is 5.38. The van der Waals surface area contributed by atoms with Crippen LogP contribution in [-0.2, 0) is 0 Å². The second kappa shape index (κ2) is 4.55. The standard InChI is InChI=1S/C14H13N5O2/c1-15-12-7-19-5-4-16-14(19)13(18-12)17-9-2-3-10-11(6-9)21-8-20-10/h2-7,15H,8H2,1H3,(H,17,18). The van der Waals surface area contributed by atoms with Crippen molar-refractivity contribution >= 4 is 23.0 Å². The molecule has 3 heterocycles. The van der Waals surface area contributed by atoms with Crippen molar-refractivity contribution in [2.45, 2.75) is 0 Å². The Balaban J connectivity index is 1.75. The van der Waals surface area contributed by atoms with E-state index < -0.39 is 0 Å². The molecule has 3 aromatic rings. The average molecular weight is 283 g/mol. The van der Waals surface area contributed by atoms with Gasteiger partial charge >= 0.3 is 0 Å². The fraction of sp³-hybridized carbons (Fsp3) is 0.143. The first-order valence-corrected chi connectivity index (χ1v) is 6.51. The van der Waals surface area contributed by atoms with Gasteiger partial charge in [0.25, 0.3) is 0 Å². The van der Waals surface area contributed by atoms with Crippen LogP contribution in [0.25, 0.3) is 5.65 Å². The van der Waals surface area contributed by atoms with Crippen LogP contribution in [0.1, 0.15) is 0 Å². The largest absolute Gasteiger partial charge is 0.454 e. The van der Waals surface area contributed by atoms with Crippen molar-refractivity contribution in [3.8, 4) is 11.5 Å². The first-order chi connectivity index (χ1) is 10.3. The number of rotatable bonds is 3. The smallest absolute Gasteiger partial charge is 0.231 e. The Morgan fingerprint density at radius 2 is 2.14 bits per heavy atom. The lowest BCUT2D eigenvalue weighted by molar-refractivity contribution is 0.174. The van der Waals surface area contributed by atoms with Crippen LogP contribution in [0.15, 0.2) is 36.8 Å². The molecule has 2 aromatic heterocycles. The molecule has 0 radical (unpaired) electrons. The van der Waals surface area contributed by atoms with E-state index in [0.29, 0.717) is 5.82 Å². The molecular formula is C14H13N5O2. The molecule has 0 atom stereocenters. The van der Waals surface area contributed by atoms with Gasteiger partial charge in [0, 0.05) is 31.2 Å². The molecule has 0 bridgehead atoms. The third-order valence-corrected chi connectivity index (χ3v) is 3.27. The van der Waals surface area contributed by atoms with Gasteiger partial charge in [0.15, 0.2) is 23.0 Å². The fourth-order valence-electron chi connectivity index (χ4n) is 2.25. The van der Waals surface area contributed by atoms with Gasteiger partial charge in [-0.3, -0.25) is 0 Å². The normalized spacial score (nSPS) is 12.6. The summed E-state index contributed by atoms with van der Waals surface area (Å²) in [5.74, 6) is 2.90. The second-order valence-electron chi connectivity index (χ2n) is 4.58. The van der Waals surface area contributed by atoms with Crippen LogP contribution in [0.5, 0.6) is 11.5 Å². The minimum atomic E-state index is 0.261. The Bertz CT molecular complexity index is 814. The highest BCUT2D eigenvalue weighted by atomic mass is 16.7. The van der Waals surface area contributed by atoms with Crippen molar-refractivity contribution in [2.24, 2.45) is 0 Å². The minimum Gasteiger partial charge on any atom is -0.454 e. The maximum atomic E-state index is 5.38. The number of nitrogens with one attached hydrogen (secondary N) is 2. The van der Waals surface area contributed by atoms with Gasteiger partial charge < -0.3 is 24.5 Å². The van der Waals surface area contributed by atoms with Crippen LogP contribution >= 0.6 is 0 Å². The molecule has 2 N–H and O–H groups in total. The lowest BCUT2D eigenvalue weighted by Crippen LogP contribution is -2.02. The number of hydrogen-bond acceptors (Lipinski definition) is 6.